The van der Waals surface area contributed by atoms with Gasteiger partial charge in [-0.1, -0.05) is 19.0 Å². The van der Waals surface area contributed by atoms with E-state index in [0.29, 0.717) is 5.92 Å². The van der Waals surface area contributed by atoms with Crippen LogP contribution in [0, 0.1) is 11.8 Å². The summed E-state index contributed by atoms with van der Waals surface area (Å²) in [6, 6.07) is 0. The fourth-order valence-electron chi connectivity index (χ4n) is 2.51. The molecule has 0 amide bonds. The topological polar surface area (TPSA) is 54.2 Å². The lowest BCUT2D eigenvalue weighted by molar-refractivity contribution is 0.259. The molecule has 1 aromatic rings. The molecular weight excluding hydrogens is 264 g/mol. The van der Waals surface area contributed by atoms with E-state index in [1.807, 2.05) is 7.05 Å². The zero-order chi connectivity index (χ0) is 13.0. The molecule has 6 heteroatoms. The SMILES string of the molecule is CNCC1CCN(Cc2nc(CC(C)C)no2)C1.Cl. The molecule has 1 atom stereocenters. The van der Waals surface area contributed by atoms with Gasteiger partial charge in [0.25, 0.3) is 0 Å². The summed E-state index contributed by atoms with van der Waals surface area (Å²) in [5.74, 6) is 2.93. The van der Waals surface area contributed by atoms with Crippen molar-refractivity contribution in [3.8, 4) is 0 Å². The van der Waals surface area contributed by atoms with Crippen LogP contribution >= 0.6 is 12.4 Å². The van der Waals surface area contributed by atoms with Crippen molar-refractivity contribution in [1.82, 2.24) is 20.4 Å². The number of hydrogen-bond donors (Lipinski definition) is 1. The van der Waals surface area contributed by atoms with Gasteiger partial charge in [-0.15, -0.1) is 12.4 Å². The second-order valence-electron chi connectivity index (χ2n) is 5.65. The number of halogens is 1. The Balaban J connectivity index is 0.00000180. The van der Waals surface area contributed by atoms with Crippen LogP contribution in [0.25, 0.3) is 0 Å². The summed E-state index contributed by atoms with van der Waals surface area (Å²) >= 11 is 0. The van der Waals surface area contributed by atoms with Crippen molar-refractivity contribution in [3.05, 3.63) is 11.7 Å². The van der Waals surface area contributed by atoms with E-state index in [2.05, 4.69) is 34.2 Å². The van der Waals surface area contributed by atoms with Crippen molar-refractivity contribution in [2.45, 2.75) is 33.2 Å². The van der Waals surface area contributed by atoms with Crippen molar-refractivity contribution in [2.24, 2.45) is 11.8 Å². The Morgan fingerprint density at radius 1 is 1.47 bits per heavy atom. The van der Waals surface area contributed by atoms with Gasteiger partial charge in [-0.3, -0.25) is 4.90 Å². The van der Waals surface area contributed by atoms with Crippen LogP contribution in [-0.2, 0) is 13.0 Å². The molecule has 2 heterocycles. The maximum absolute atomic E-state index is 5.30. The Kier molecular flexibility index (Phi) is 6.75. The highest BCUT2D eigenvalue weighted by Crippen LogP contribution is 2.17. The van der Waals surface area contributed by atoms with Crippen LogP contribution in [0.1, 0.15) is 32.0 Å². The Hall–Kier alpha value is -0.650. The van der Waals surface area contributed by atoms with Gasteiger partial charge in [-0.25, -0.2) is 0 Å². The number of rotatable bonds is 6. The first-order valence-electron chi connectivity index (χ1n) is 6.85. The van der Waals surface area contributed by atoms with Gasteiger partial charge in [0.2, 0.25) is 5.89 Å². The molecule has 0 radical (unpaired) electrons. The van der Waals surface area contributed by atoms with E-state index in [4.69, 9.17) is 4.52 Å². The number of nitrogens with one attached hydrogen (secondary N) is 1. The number of aromatic nitrogens is 2. The van der Waals surface area contributed by atoms with E-state index < -0.39 is 0 Å². The Morgan fingerprint density at radius 2 is 2.26 bits per heavy atom. The lowest BCUT2D eigenvalue weighted by atomic mass is 10.1. The van der Waals surface area contributed by atoms with Crippen molar-refractivity contribution in [1.29, 1.82) is 0 Å². The molecule has 0 spiro atoms. The first-order valence-corrected chi connectivity index (χ1v) is 6.85. The van der Waals surface area contributed by atoms with E-state index in [0.717, 1.165) is 50.2 Å². The van der Waals surface area contributed by atoms with Crippen molar-refractivity contribution in [3.63, 3.8) is 0 Å². The van der Waals surface area contributed by atoms with Gasteiger partial charge in [0.05, 0.1) is 6.54 Å². The quantitative estimate of drug-likeness (QED) is 0.864. The largest absolute Gasteiger partial charge is 0.338 e. The molecule has 110 valence electrons. The van der Waals surface area contributed by atoms with Crippen LogP contribution in [-0.4, -0.2) is 41.7 Å². The van der Waals surface area contributed by atoms with E-state index in [1.165, 1.54) is 6.42 Å². The van der Waals surface area contributed by atoms with Gasteiger partial charge in [0.15, 0.2) is 5.82 Å². The Labute approximate surface area is 121 Å². The monoisotopic (exact) mass is 288 g/mol. The molecule has 1 fully saturated rings. The minimum absolute atomic E-state index is 0. The molecule has 1 N–H and O–H groups in total. The van der Waals surface area contributed by atoms with Gasteiger partial charge in [-0.05, 0) is 38.4 Å². The van der Waals surface area contributed by atoms with Crippen LogP contribution in [0.5, 0.6) is 0 Å². The van der Waals surface area contributed by atoms with Crippen LogP contribution < -0.4 is 5.32 Å². The zero-order valence-corrected chi connectivity index (χ0v) is 12.9. The number of nitrogens with zero attached hydrogens (tertiary/aromatic N) is 3. The van der Waals surface area contributed by atoms with Crippen LogP contribution in [0.4, 0.5) is 0 Å². The third kappa shape index (κ3) is 5.09. The van der Waals surface area contributed by atoms with Gasteiger partial charge in [0, 0.05) is 13.0 Å². The summed E-state index contributed by atoms with van der Waals surface area (Å²) in [4.78, 5) is 6.85. The molecule has 1 aliphatic heterocycles. The number of hydrogen-bond acceptors (Lipinski definition) is 5. The van der Waals surface area contributed by atoms with E-state index in [1.54, 1.807) is 0 Å². The molecule has 5 nitrogen and oxygen atoms in total. The van der Waals surface area contributed by atoms with Crippen LogP contribution in [0.2, 0.25) is 0 Å². The third-order valence-electron chi connectivity index (χ3n) is 3.32. The summed E-state index contributed by atoms with van der Waals surface area (Å²) in [6.07, 6.45) is 2.15. The third-order valence-corrected chi connectivity index (χ3v) is 3.32. The average Bonchev–Trinajstić information content (AvgIpc) is 2.89. The molecule has 2 rings (SSSR count). The normalized spacial score (nSPS) is 19.9. The summed E-state index contributed by atoms with van der Waals surface area (Å²) in [5, 5.41) is 7.27. The van der Waals surface area contributed by atoms with Crippen LogP contribution in [0.15, 0.2) is 4.52 Å². The van der Waals surface area contributed by atoms with E-state index in [9.17, 15) is 0 Å². The summed E-state index contributed by atoms with van der Waals surface area (Å²) in [5.41, 5.74) is 0. The van der Waals surface area contributed by atoms with Crippen molar-refractivity contribution >= 4 is 12.4 Å². The zero-order valence-electron chi connectivity index (χ0n) is 12.1. The highest BCUT2D eigenvalue weighted by molar-refractivity contribution is 5.85. The Bertz CT molecular complexity index is 369. The standard InChI is InChI=1S/C13H24N4O.ClH/c1-10(2)6-12-15-13(18-16-12)9-17-5-4-11(8-17)7-14-3;/h10-11,14H,4-9H2,1-3H3;1H. The maximum Gasteiger partial charge on any atom is 0.240 e. The Morgan fingerprint density at radius 3 is 2.95 bits per heavy atom. The minimum atomic E-state index is 0. The predicted octanol–water partition coefficient (Wildman–Crippen LogP) is 1.73. The molecule has 0 aliphatic carbocycles. The molecule has 0 aromatic carbocycles. The molecule has 1 aromatic heterocycles. The van der Waals surface area contributed by atoms with E-state index >= 15 is 0 Å². The molecule has 1 unspecified atom stereocenters. The number of likely N-dealkylation sites (tertiary alicyclic amines) is 1. The second kappa shape index (κ2) is 7.82. The second-order valence-corrected chi connectivity index (χ2v) is 5.65. The fraction of sp³-hybridized carbons (Fsp3) is 0.846. The smallest absolute Gasteiger partial charge is 0.240 e. The van der Waals surface area contributed by atoms with Gasteiger partial charge in [0.1, 0.15) is 0 Å². The first kappa shape index (κ1) is 16.4. The molecule has 19 heavy (non-hydrogen) atoms. The maximum atomic E-state index is 5.30. The lowest BCUT2D eigenvalue weighted by Gasteiger charge is -2.12. The molecular formula is C13H25ClN4O. The molecule has 0 bridgehead atoms. The summed E-state index contributed by atoms with van der Waals surface area (Å²) in [7, 11) is 2.01. The predicted molar refractivity (Wildman–Crippen MR) is 77.4 cm³/mol. The molecule has 0 saturated carbocycles. The highest BCUT2D eigenvalue weighted by atomic mass is 35.5. The first-order chi connectivity index (χ1) is 8.67. The van der Waals surface area contributed by atoms with Crippen molar-refractivity contribution < 1.29 is 4.52 Å². The summed E-state index contributed by atoms with van der Waals surface area (Å²) in [6.45, 7) is 8.49. The minimum Gasteiger partial charge on any atom is -0.338 e. The summed E-state index contributed by atoms with van der Waals surface area (Å²) < 4.78 is 5.30. The van der Waals surface area contributed by atoms with E-state index in [-0.39, 0.29) is 12.4 Å². The van der Waals surface area contributed by atoms with Crippen molar-refractivity contribution in [2.75, 3.05) is 26.7 Å². The van der Waals surface area contributed by atoms with Gasteiger partial charge >= 0.3 is 0 Å². The highest BCUT2D eigenvalue weighted by Gasteiger charge is 2.23. The average molecular weight is 289 g/mol. The fourth-order valence-corrected chi connectivity index (χ4v) is 2.51. The van der Waals surface area contributed by atoms with Crippen LogP contribution in [0.3, 0.4) is 0 Å². The molecule has 1 aliphatic rings. The van der Waals surface area contributed by atoms with Gasteiger partial charge in [-0.2, -0.15) is 4.98 Å². The lowest BCUT2D eigenvalue weighted by Crippen LogP contribution is -2.24. The van der Waals surface area contributed by atoms with Gasteiger partial charge < -0.3 is 9.84 Å². The molecule has 1 saturated heterocycles.